The van der Waals surface area contributed by atoms with Crippen LogP contribution in [0, 0.1) is 5.92 Å². The van der Waals surface area contributed by atoms with Crippen molar-refractivity contribution in [1.29, 1.82) is 0 Å². The van der Waals surface area contributed by atoms with Crippen molar-refractivity contribution in [2.45, 2.75) is 19.4 Å². The van der Waals surface area contributed by atoms with Crippen molar-refractivity contribution in [3.05, 3.63) is 102 Å². The average molecular weight is 402 g/mol. The number of benzene rings is 2. The standard InChI is InChI=1S/C25H27N3O2/c1-19(18-27-24(29)22-15-9-10-16-26-22)23(17-20-11-5-3-6-12-20)28(2)25(30)21-13-7-4-8-14-21/h3-16,19,23H,17-18H2,1-2H3,(H,27,29). The monoisotopic (exact) mass is 401 g/mol. The second-order valence-corrected chi connectivity index (χ2v) is 7.44. The first-order chi connectivity index (χ1) is 14.6. The first kappa shape index (κ1) is 21.2. The van der Waals surface area contributed by atoms with Crippen LogP contribution < -0.4 is 5.32 Å². The first-order valence-corrected chi connectivity index (χ1v) is 10.1. The minimum absolute atomic E-state index is 0.0283. The molecule has 2 atom stereocenters. The molecule has 0 aliphatic heterocycles. The zero-order valence-electron chi connectivity index (χ0n) is 17.4. The molecule has 5 nitrogen and oxygen atoms in total. The zero-order valence-corrected chi connectivity index (χ0v) is 17.4. The first-order valence-electron chi connectivity index (χ1n) is 10.1. The Bertz CT molecular complexity index is 946. The molecule has 0 aliphatic carbocycles. The van der Waals surface area contributed by atoms with Gasteiger partial charge >= 0.3 is 0 Å². The van der Waals surface area contributed by atoms with Crippen molar-refractivity contribution < 1.29 is 9.59 Å². The molecule has 2 unspecified atom stereocenters. The van der Waals surface area contributed by atoms with Gasteiger partial charge in [-0.15, -0.1) is 0 Å². The highest BCUT2D eigenvalue weighted by molar-refractivity contribution is 5.94. The number of nitrogens with one attached hydrogen (secondary N) is 1. The lowest BCUT2D eigenvalue weighted by molar-refractivity contribution is 0.0677. The quantitative estimate of drug-likeness (QED) is 0.624. The lowest BCUT2D eigenvalue weighted by atomic mass is 9.93. The molecule has 2 aromatic carbocycles. The normalized spacial score (nSPS) is 12.6. The van der Waals surface area contributed by atoms with Crippen LogP contribution in [0.15, 0.2) is 85.1 Å². The van der Waals surface area contributed by atoms with Gasteiger partial charge in [-0.25, -0.2) is 0 Å². The minimum Gasteiger partial charge on any atom is -0.350 e. The fraction of sp³-hybridized carbons (Fsp3) is 0.240. The summed E-state index contributed by atoms with van der Waals surface area (Å²) in [6.45, 7) is 2.50. The van der Waals surface area contributed by atoms with Crippen LogP contribution in [0.25, 0.3) is 0 Å². The molecule has 5 heteroatoms. The highest BCUT2D eigenvalue weighted by atomic mass is 16.2. The largest absolute Gasteiger partial charge is 0.350 e. The third-order valence-corrected chi connectivity index (χ3v) is 5.27. The molecule has 3 rings (SSSR count). The SMILES string of the molecule is CC(CNC(=O)c1ccccn1)C(Cc1ccccc1)N(C)C(=O)c1ccccc1. The summed E-state index contributed by atoms with van der Waals surface area (Å²) < 4.78 is 0. The molecule has 0 fully saturated rings. The molecule has 0 saturated carbocycles. The number of likely N-dealkylation sites (N-methyl/N-ethyl adjacent to an activating group) is 1. The summed E-state index contributed by atoms with van der Waals surface area (Å²) >= 11 is 0. The van der Waals surface area contributed by atoms with Crippen molar-refractivity contribution in [3.63, 3.8) is 0 Å². The molecule has 3 aromatic rings. The van der Waals surface area contributed by atoms with Crippen molar-refractivity contribution in [2.75, 3.05) is 13.6 Å². The topological polar surface area (TPSA) is 62.3 Å². The number of carbonyl (C=O) groups is 2. The van der Waals surface area contributed by atoms with E-state index in [0.29, 0.717) is 24.2 Å². The maximum absolute atomic E-state index is 13.1. The Labute approximate surface area is 177 Å². The molecule has 0 radical (unpaired) electrons. The Balaban J connectivity index is 1.74. The number of aromatic nitrogens is 1. The third-order valence-electron chi connectivity index (χ3n) is 5.27. The van der Waals surface area contributed by atoms with Gasteiger partial charge in [0.2, 0.25) is 0 Å². The second kappa shape index (κ2) is 10.3. The summed E-state index contributed by atoms with van der Waals surface area (Å²) in [6, 6.07) is 24.6. The van der Waals surface area contributed by atoms with E-state index < -0.39 is 0 Å². The fourth-order valence-electron chi connectivity index (χ4n) is 3.49. The van der Waals surface area contributed by atoms with Gasteiger partial charge in [-0.2, -0.15) is 0 Å². The summed E-state index contributed by atoms with van der Waals surface area (Å²) in [5.74, 6) is -0.201. The summed E-state index contributed by atoms with van der Waals surface area (Å²) in [4.78, 5) is 31.4. The Kier molecular flexibility index (Phi) is 7.33. The Hall–Kier alpha value is -3.47. The minimum atomic E-state index is -0.210. The summed E-state index contributed by atoms with van der Waals surface area (Å²) in [7, 11) is 1.83. The molecule has 0 aliphatic rings. The summed E-state index contributed by atoms with van der Waals surface area (Å²) in [5, 5.41) is 2.96. The van der Waals surface area contributed by atoms with E-state index in [9.17, 15) is 9.59 Å². The van der Waals surface area contributed by atoms with E-state index in [-0.39, 0.29) is 23.8 Å². The van der Waals surface area contributed by atoms with E-state index in [4.69, 9.17) is 0 Å². The van der Waals surface area contributed by atoms with Crippen LogP contribution in [0.5, 0.6) is 0 Å². The van der Waals surface area contributed by atoms with Crippen molar-refractivity contribution in [2.24, 2.45) is 5.92 Å². The van der Waals surface area contributed by atoms with Crippen LogP contribution in [0.2, 0.25) is 0 Å². The number of hydrogen-bond donors (Lipinski definition) is 1. The predicted molar refractivity (Wildman–Crippen MR) is 118 cm³/mol. The third kappa shape index (κ3) is 5.54. The van der Waals surface area contributed by atoms with Gasteiger partial charge in [0.1, 0.15) is 5.69 Å². The van der Waals surface area contributed by atoms with E-state index in [2.05, 4.69) is 29.4 Å². The molecule has 1 N–H and O–H groups in total. The van der Waals surface area contributed by atoms with Gasteiger partial charge in [0, 0.05) is 31.4 Å². The number of amides is 2. The van der Waals surface area contributed by atoms with Gasteiger partial charge in [-0.3, -0.25) is 14.6 Å². The van der Waals surface area contributed by atoms with Gasteiger partial charge in [0.15, 0.2) is 0 Å². The predicted octanol–water partition coefficient (Wildman–Crippen LogP) is 3.83. The number of carbonyl (C=O) groups excluding carboxylic acids is 2. The van der Waals surface area contributed by atoms with Crippen LogP contribution in [-0.2, 0) is 6.42 Å². The molecule has 2 amide bonds. The van der Waals surface area contributed by atoms with E-state index in [1.807, 2.05) is 55.6 Å². The van der Waals surface area contributed by atoms with E-state index >= 15 is 0 Å². The highest BCUT2D eigenvalue weighted by Crippen LogP contribution is 2.18. The molecular formula is C25H27N3O2. The second-order valence-electron chi connectivity index (χ2n) is 7.44. The number of rotatable bonds is 8. The molecular weight excluding hydrogens is 374 g/mol. The number of pyridine rings is 1. The summed E-state index contributed by atoms with van der Waals surface area (Å²) in [6.07, 6.45) is 2.30. The molecule has 1 aromatic heterocycles. The van der Waals surface area contributed by atoms with E-state index in [0.717, 1.165) is 5.56 Å². The Morgan fingerprint density at radius 3 is 2.20 bits per heavy atom. The van der Waals surface area contributed by atoms with E-state index in [1.165, 1.54) is 0 Å². The van der Waals surface area contributed by atoms with Crippen LogP contribution in [0.4, 0.5) is 0 Å². The van der Waals surface area contributed by atoms with Gasteiger partial charge in [-0.05, 0) is 42.2 Å². The lowest BCUT2D eigenvalue weighted by Gasteiger charge is -2.33. The Morgan fingerprint density at radius 2 is 1.57 bits per heavy atom. The van der Waals surface area contributed by atoms with Crippen molar-refractivity contribution >= 4 is 11.8 Å². The molecule has 1 heterocycles. The van der Waals surface area contributed by atoms with Crippen molar-refractivity contribution in [1.82, 2.24) is 15.2 Å². The van der Waals surface area contributed by atoms with Gasteiger partial charge in [0.25, 0.3) is 11.8 Å². The van der Waals surface area contributed by atoms with Crippen LogP contribution in [0.3, 0.4) is 0 Å². The van der Waals surface area contributed by atoms with Gasteiger partial charge in [-0.1, -0.05) is 61.5 Å². The van der Waals surface area contributed by atoms with Crippen LogP contribution in [-0.4, -0.2) is 41.3 Å². The molecule has 30 heavy (non-hydrogen) atoms. The smallest absolute Gasteiger partial charge is 0.269 e. The zero-order chi connectivity index (χ0) is 21.3. The van der Waals surface area contributed by atoms with Gasteiger partial charge < -0.3 is 10.2 Å². The number of hydrogen-bond acceptors (Lipinski definition) is 3. The Morgan fingerprint density at radius 1 is 0.933 bits per heavy atom. The van der Waals surface area contributed by atoms with Crippen LogP contribution >= 0.6 is 0 Å². The molecule has 0 saturated heterocycles. The summed E-state index contributed by atoms with van der Waals surface area (Å²) in [5.41, 5.74) is 2.19. The number of nitrogens with zero attached hydrogens (tertiary/aromatic N) is 2. The van der Waals surface area contributed by atoms with E-state index in [1.54, 1.807) is 29.3 Å². The average Bonchev–Trinajstić information content (AvgIpc) is 2.81. The fourth-order valence-corrected chi connectivity index (χ4v) is 3.49. The maximum Gasteiger partial charge on any atom is 0.269 e. The van der Waals surface area contributed by atoms with Crippen LogP contribution in [0.1, 0.15) is 33.3 Å². The van der Waals surface area contributed by atoms with Gasteiger partial charge in [0.05, 0.1) is 0 Å². The highest BCUT2D eigenvalue weighted by Gasteiger charge is 2.27. The molecule has 0 bridgehead atoms. The molecule has 154 valence electrons. The lowest BCUT2D eigenvalue weighted by Crippen LogP contribution is -2.46. The van der Waals surface area contributed by atoms with Crippen molar-refractivity contribution in [3.8, 4) is 0 Å². The maximum atomic E-state index is 13.1. The molecule has 0 spiro atoms.